The Hall–Kier alpha value is -1.33. The van der Waals surface area contributed by atoms with Crippen LogP contribution in [-0.2, 0) is 6.54 Å². The molecule has 84 valence electrons. The number of rotatable bonds is 3. The molecule has 0 aliphatic heterocycles. The summed E-state index contributed by atoms with van der Waals surface area (Å²) in [4.78, 5) is 0. The zero-order valence-corrected chi connectivity index (χ0v) is 10.2. The number of anilines is 1. The standard InChI is InChI=1S/C11H12BrN3O/c12-9-3-1-8(2-4-9)10-7-14-15(5-6-16)11(10)13/h1-4,7,16H,5-6,13H2. The van der Waals surface area contributed by atoms with E-state index in [9.17, 15) is 0 Å². The Bertz CT molecular complexity index is 478. The number of aliphatic hydroxyl groups excluding tert-OH is 1. The molecular weight excluding hydrogens is 270 g/mol. The number of aliphatic hydroxyl groups is 1. The quantitative estimate of drug-likeness (QED) is 0.903. The summed E-state index contributed by atoms with van der Waals surface area (Å²) in [6.07, 6.45) is 1.72. The zero-order valence-electron chi connectivity index (χ0n) is 8.60. The molecule has 2 aromatic rings. The predicted molar refractivity (Wildman–Crippen MR) is 66.9 cm³/mol. The molecule has 5 heteroatoms. The van der Waals surface area contributed by atoms with Gasteiger partial charge in [-0.05, 0) is 17.7 Å². The smallest absolute Gasteiger partial charge is 0.129 e. The van der Waals surface area contributed by atoms with E-state index in [1.807, 2.05) is 24.3 Å². The lowest BCUT2D eigenvalue weighted by atomic mass is 10.1. The van der Waals surface area contributed by atoms with Crippen molar-refractivity contribution in [2.75, 3.05) is 12.3 Å². The Morgan fingerprint density at radius 3 is 2.62 bits per heavy atom. The molecule has 1 aromatic heterocycles. The summed E-state index contributed by atoms with van der Waals surface area (Å²) < 4.78 is 2.62. The first-order valence-electron chi connectivity index (χ1n) is 4.90. The summed E-state index contributed by atoms with van der Waals surface area (Å²) in [5, 5.41) is 13.0. The van der Waals surface area contributed by atoms with Gasteiger partial charge < -0.3 is 10.8 Å². The van der Waals surface area contributed by atoms with E-state index in [0.717, 1.165) is 15.6 Å². The molecule has 0 fully saturated rings. The molecule has 16 heavy (non-hydrogen) atoms. The Kier molecular flexibility index (Phi) is 3.26. The molecule has 0 spiro atoms. The summed E-state index contributed by atoms with van der Waals surface area (Å²) in [7, 11) is 0. The third kappa shape index (κ3) is 2.10. The normalized spacial score (nSPS) is 10.6. The average Bonchev–Trinajstić information content (AvgIpc) is 2.63. The molecule has 1 aromatic carbocycles. The van der Waals surface area contributed by atoms with Crippen molar-refractivity contribution >= 4 is 21.7 Å². The lowest BCUT2D eigenvalue weighted by Gasteiger charge is -2.03. The van der Waals surface area contributed by atoms with E-state index < -0.39 is 0 Å². The van der Waals surface area contributed by atoms with Crippen molar-refractivity contribution in [3.63, 3.8) is 0 Å². The number of hydrogen-bond acceptors (Lipinski definition) is 3. The van der Waals surface area contributed by atoms with E-state index in [4.69, 9.17) is 10.8 Å². The van der Waals surface area contributed by atoms with Crippen LogP contribution in [0.3, 0.4) is 0 Å². The molecule has 4 nitrogen and oxygen atoms in total. The molecule has 0 bridgehead atoms. The first-order chi connectivity index (χ1) is 7.72. The number of nitrogen functional groups attached to an aromatic ring is 1. The van der Waals surface area contributed by atoms with E-state index in [1.165, 1.54) is 0 Å². The van der Waals surface area contributed by atoms with Gasteiger partial charge in [0.05, 0.1) is 19.3 Å². The fraction of sp³-hybridized carbons (Fsp3) is 0.182. The lowest BCUT2D eigenvalue weighted by molar-refractivity contribution is 0.270. The van der Waals surface area contributed by atoms with Crippen LogP contribution in [0, 0.1) is 0 Å². The second-order valence-corrected chi connectivity index (χ2v) is 4.31. The molecule has 0 saturated heterocycles. The van der Waals surface area contributed by atoms with Crippen molar-refractivity contribution < 1.29 is 5.11 Å². The van der Waals surface area contributed by atoms with Crippen LogP contribution in [-0.4, -0.2) is 21.5 Å². The van der Waals surface area contributed by atoms with Crippen LogP contribution in [0.15, 0.2) is 34.9 Å². The van der Waals surface area contributed by atoms with Gasteiger partial charge >= 0.3 is 0 Å². The third-order valence-corrected chi connectivity index (χ3v) is 2.88. The maximum absolute atomic E-state index is 8.84. The van der Waals surface area contributed by atoms with Gasteiger partial charge in [0.25, 0.3) is 0 Å². The van der Waals surface area contributed by atoms with E-state index >= 15 is 0 Å². The highest BCUT2D eigenvalue weighted by Crippen LogP contribution is 2.26. The van der Waals surface area contributed by atoms with E-state index in [0.29, 0.717) is 12.4 Å². The number of nitrogens with two attached hydrogens (primary N) is 1. The van der Waals surface area contributed by atoms with Crippen LogP contribution < -0.4 is 5.73 Å². The van der Waals surface area contributed by atoms with Crippen molar-refractivity contribution in [3.05, 3.63) is 34.9 Å². The molecule has 0 unspecified atom stereocenters. The van der Waals surface area contributed by atoms with Crippen molar-refractivity contribution in [3.8, 4) is 11.1 Å². The summed E-state index contributed by atoms with van der Waals surface area (Å²) in [6, 6.07) is 7.86. The summed E-state index contributed by atoms with van der Waals surface area (Å²) in [5.74, 6) is 0.580. The highest BCUT2D eigenvalue weighted by Gasteiger charge is 2.08. The molecule has 0 aliphatic rings. The van der Waals surface area contributed by atoms with E-state index in [-0.39, 0.29) is 6.61 Å². The predicted octanol–water partition coefficient (Wildman–Crippen LogP) is 1.89. The minimum absolute atomic E-state index is 0.0334. The monoisotopic (exact) mass is 281 g/mol. The van der Waals surface area contributed by atoms with Crippen LogP contribution in [0.1, 0.15) is 0 Å². The van der Waals surface area contributed by atoms with Gasteiger partial charge in [-0.15, -0.1) is 0 Å². The molecule has 3 N–H and O–H groups in total. The summed E-state index contributed by atoms with van der Waals surface area (Å²) in [6.45, 7) is 0.452. The van der Waals surface area contributed by atoms with Crippen molar-refractivity contribution in [2.45, 2.75) is 6.54 Å². The first-order valence-corrected chi connectivity index (χ1v) is 5.69. The average molecular weight is 282 g/mol. The number of benzene rings is 1. The molecule has 1 heterocycles. The van der Waals surface area contributed by atoms with E-state index in [2.05, 4.69) is 21.0 Å². The Labute approximate surface area is 102 Å². The highest BCUT2D eigenvalue weighted by atomic mass is 79.9. The number of hydrogen-bond donors (Lipinski definition) is 2. The maximum Gasteiger partial charge on any atom is 0.129 e. The van der Waals surface area contributed by atoms with Gasteiger partial charge in [-0.1, -0.05) is 28.1 Å². The number of aromatic nitrogens is 2. The van der Waals surface area contributed by atoms with E-state index in [1.54, 1.807) is 10.9 Å². The van der Waals surface area contributed by atoms with Crippen LogP contribution in [0.5, 0.6) is 0 Å². The SMILES string of the molecule is Nc1c(-c2ccc(Br)cc2)cnn1CCO. The van der Waals surface area contributed by atoms with Crippen LogP contribution in [0.25, 0.3) is 11.1 Å². The van der Waals surface area contributed by atoms with Gasteiger partial charge in [0.1, 0.15) is 5.82 Å². The van der Waals surface area contributed by atoms with Gasteiger partial charge in [-0.25, -0.2) is 4.68 Å². The summed E-state index contributed by atoms with van der Waals surface area (Å²) in [5.41, 5.74) is 7.85. The molecule has 2 rings (SSSR count). The maximum atomic E-state index is 8.84. The molecular formula is C11H12BrN3O. The molecule has 0 atom stereocenters. The van der Waals surface area contributed by atoms with Crippen LogP contribution in [0.2, 0.25) is 0 Å². The van der Waals surface area contributed by atoms with Gasteiger partial charge in [0.15, 0.2) is 0 Å². The van der Waals surface area contributed by atoms with Gasteiger partial charge in [0, 0.05) is 10.0 Å². The Balaban J connectivity index is 2.37. The molecule has 0 aliphatic carbocycles. The van der Waals surface area contributed by atoms with Crippen molar-refractivity contribution in [1.29, 1.82) is 0 Å². The summed E-state index contributed by atoms with van der Waals surface area (Å²) >= 11 is 3.38. The highest BCUT2D eigenvalue weighted by molar-refractivity contribution is 9.10. The van der Waals surface area contributed by atoms with Crippen molar-refractivity contribution in [1.82, 2.24) is 9.78 Å². The topological polar surface area (TPSA) is 64.1 Å². The van der Waals surface area contributed by atoms with Crippen LogP contribution >= 0.6 is 15.9 Å². The molecule has 0 amide bonds. The molecule has 0 radical (unpaired) electrons. The van der Waals surface area contributed by atoms with Crippen LogP contribution in [0.4, 0.5) is 5.82 Å². The fourth-order valence-corrected chi connectivity index (χ4v) is 1.78. The Morgan fingerprint density at radius 2 is 2.00 bits per heavy atom. The zero-order chi connectivity index (χ0) is 11.5. The van der Waals surface area contributed by atoms with Crippen molar-refractivity contribution in [2.24, 2.45) is 0 Å². The first kappa shape index (κ1) is 11.2. The second kappa shape index (κ2) is 4.67. The minimum atomic E-state index is 0.0334. The molecule has 0 saturated carbocycles. The van der Waals surface area contributed by atoms with Gasteiger partial charge in [-0.2, -0.15) is 5.10 Å². The minimum Gasteiger partial charge on any atom is -0.394 e. The number of halogens is 1. The fourth-order valence-electron chi connectivity index (χ4n) is 1.52. The Morgan fingerprint density at radius 1 is 1.31 bits per heavy atom. The van der Waals surface area contributed by atoms with Gasteiger partial charge in [0.2, 0.25) is 0 Å². The largest absolute Gasteiger partial charge is 0.394 e. The second-order valence-electron chi connectivity index (χ2n) is 3.40. The third-order valence-electron chi connectivity index (χ3n) is 2.35. The number of nitrogens with zero attached hydrogens (tertiary/aromatic N) is 2. The lowest BCUT2D eigenvalue weighted by Crippen LogP contribution is -2.07. The van der Waals surface area contributed by atoms with Gasteiger partial charge in [-0.3, -0.25) is 0 Å².